The Balaban J connectivity index is 1.48. The largest absolute Gasteiger partial charge is 0.480 e. The summed E-state index contributed by atoms with van der Waals surface area (Å²) in [4.78, 5) is 68.2. The van der Waals surface area contributed by atoms with Crippen molar-refractivity contribution in [3.8, 4) is 0 Å². The van der Waals surface area contributed by atoms with E-state index >= 15 is 0 Å². The summed E-state index contributed by atoms with van der Waals surface area (Å²) in [6.45, 7) is 6.14. The zero-order valence-corrected chi connectivity index (χ0v) is 26.1. The number of carboxylic acids is 3. The van der Waals surface area contributed by atoms with E-state index in [2.05, 4.69) is 15.2 Å². The van der Waals surface area contributed by atoms with Crippen molar-refractivity contribution in [2.24, 2.45) is 0 Å². The number of carboxylic acid groups (broad SMARTS) is 3. The molecule has 1 aliphatic heterocycles. The Bertz CT molecular complexity index is 1360. The zero-order valence-electron chi connectivity index (χ0n) is 26.1. The van der Waals surface area contributed by atoms with Gasteiger partial charge in [-0.15, -0.1) is 0 Å². The Morgan fingerprint density at radius 3 is 1.74 bits per heavy atom. The number of aromatic amines is 1. The van der Waals surface area contributed by atoms with E-state index < -0.39 is 17.9 Å². The molecule has 16 nitrogen and oxygen atoms in total. The standard InChI is InChI=1S/C30H44N6O10/c1-22-16-26(37)32-25-17-23(2-3-24(22)25)31-27(38)18-35(19-28(39)40)6-4-33-8-12-45-14-10-34(11-15-46-13-9-33)5-7-36(20-29(41)42)21-30(43)44/h2-3,16-17H,4-15,18-21H2,1H3,(H,31,38)(H,32,37)(H,39,40)(H,41,42)(H,43,44). The summed E-state index contributed by atoms with van der Waals surface area (Å²) in [5, 5.41) is 31.2. The van der Waals surface area contributed by atoms with Crippen LogP contribution in [0.25, 0.3) is 10.9 Å². The van der Waals surface area contributed by atoms with Crippen molar-refractivity contribution in [3.63, 3.8) is 0 Å². The first-order chi connectivity index (χ1) is 22.0. The molecule has 0 aliphatic carbocycles. The predicted molar refractivity (Wildman–Crippen MR) is 168 cm³/mol. The van der Waals surface area contributed by atoms with Gasteiger partial charge >= 0.3 is 17.9 Å². The molecule has 46 heavy (non-hydrogen) atoms. The van der Waals surface area contributed by atoms with Crippen molar-refractivity contribution in [2.45, 2.75) is 6.92 Å². The molecule has 254 valence electrons. The molecule has 1 amide bonds. The van der Waals surface area contributed by atoms with Gasteiger partial charge in [0.15, 0.2) is 0 Å². The molecule has 3 rings (SSSR count). The van der Waals surface area contributed by atoms with Crippen LogP contribution in [0.2, 0.25) is 0 Å². The van der Waals surface area contributed by atoms with E-state index in [-0.39, 0.29) is 44.2 Å². The van der Waals surface area contributed by atoms with Gasteiger partial charge in [-0.3, -0.25) is 43.6 Å². The van der Waals surface area contributed by atoms with Crippen LogP contribution in [0.1, 0.15) is 5.56 Å². The monoisotopic (exact) mass is 648 g/mol. The van der Waals surface area contributed by atoms with E-state index in [4.69, 9.17) is 19.7 Å². The third-order valence-corrected chi connectivity index (χ3v) is 7.45. The fraction of sp³-hybridized carbons (Fsp3) is 0.567. The van der Waals surface area contributed by atoms with E-state index in [9.17, 15) is 29.1 Å². The normalized spacial score (nSPS) is 15.8. The maximum atomic E-state index is 12.9. The molecule has 1 saturated heterocycles. The van der Waals surface area contributed by atoms with Gasteiger partial charge in [-0.1, -0.05) is 6.07 Å². The van der Waals surface area contributed by atoms with Gasteiger partial charge in [0.1, 0.15) is 0 Å². The Hall–Kier alpha value is -3.93. The lowest BCUT2D eigenvalue weighted by Crippen LogP contribution is -2.44. The fourth-order valence-electron chi connectivity index (χ4n) is 5.13. The van der Waals surface area contributed by atoms with Crippen LogP contribution in [0.15, 0.2) is 29.1 Å². The van der Waals surface area contributed by atoms with Crippen LogP contribution < -0.4 is 10.9 Å². The number of nitrogens with zero attached hydrogens (tertiary/aromatic N) is 4. The summed E-state index contributed by atoms with van der Waals surface area (Å²) >= 11 is 0. The number of benzene rings is 1. The molecule has 0 saturated carbocycles. The van der Waals surface area contributed by atoms with Crippen molar-refractivity contribution < 1.29 is 44.0 Å². The molecule has 2 aromatic rings. The lowest BCUT2D eigenvalue weighted by Gasteiger charge is -2.29. The summed E-state index contributed by atoms with van der Waals surface area (Å²) < 4.78 is 11.7. The highest BCUT2D eigenvalue weighted by molar-refractivity contribution is 5.95. The molecule has 1 aromatic carbocycles. The number of carbonyl (C=O) groups is 4. The number of nitrogens with one attached hydrogen (secondary N) is 2. The fourth-order valence-corrected chi connectivity index (χ4v) is 5.13. The summed E-state index contributed by atoms with van der Waals surface area (Å²) in [6.07, 6.45) is 0. The molecule has 1 aliphatic rings. The molecule has 16 heteroatoms. The van der Waals surface area contributed by atoms with Crippen LogP contribution in [0.5, 0.6) is 0 Å². The summed E-state index contributed by atoms with van der Waals surface area (Å²) in [5.41, 5.74) is 1.66. The Kier molecular flexibility index (Phi) is 15.0. The molecule has 1 fully saturated rings. The number of ether oxygens (including phenoxy) is 2. The van der Waals surface area contributed by atoms with Crippen molar-refractivity contribution in [3.05, 3.63) is 40.2 Å². The Morgan fingerprint density at radius 1 is 0.783 bits per heavy atom. The van der Waals surface area contributed by atoms with Gasteiger partial charge in [-0.25, -0.2) is 0 Å². The van der Waals surface area contributed by atoms with Crippen LogP contribution in [0.3, 0.4) is 0 Å². The van der Waals surface area contributed by atoms with E-state index in [1.54, 1.807) is 17.0 Å². The maximum Gasteiger partial charge on any atom is 0.317 e. The number of aryl methyl sites for hydroxylation is 1. The summed E-state index contributed by atoms with van der Waals surface area (Å²) in [6, 6.07) is 6.72. The lowest BCUT2D eigenvalue weighted by molar-refractivity contribution is -0.142. The second kappa shape index (κ2) is 18.9. The highest BCUT2D eigenvalue weighted by atomic mass is 16.5. The molecule has 0 atom stereocenters. The number of carbonyl (C=O) groups excluding carboxylic acids is 1. The van der Waals surface area contributed by atoms with Gasteiger partial charge in [0, 0.05) is 69.5 Å². The number of fused-ring (bicyclic) bond motifs is 1. The smallest absolute Gasteiger partial charge is 0.317 e. The van der Waals surface area contributed by atoms with E-state index in [0.717, 1.165) is 10.9 Å². The second-order valence-electron chi connectivity index (χ2n) is 11.1. The zero-order chi connectivity index (χ0) is 33.5. The number of anilines is 1. The summed E-state index contributed by atoms with van der Waals surface area (Å²) in [5.74, 6) is -3.60. The molecular formula is C30H44N6O10. The topological polar surface area (TPSA) is 205 Å². The SMILES string of the molecule is Cc1cc(=O)[nH]c2cc(NC(=O)CN(CCN3CCOCCN(CCN(CC(=O)O)CC(=O)O)CCOCC3)CC(=O)O)ccc12. The van der Waals surface area contributed by atoms with Gasteiger partial charge < -0.3 is 35.1 Å². The molecule has 0 bridgehead atoms. The number of rotatable bonds is 15. The highest BCUT2D eigenvalue weighted by Crippen LogP contribution is 2.19. The maximum absolute atomic E-state index is 12.9. The van der Waals surface area contributed by atoms with Gasteiger partial charge in [0.25, 0.3) is 0 Å². The van der Waals surface area contributed by atoms with Crippen molar-refractivity contribution in [1.82, 2.24) is 24.6 Å². The molecule has 1 aromatic heterocycles. The van der Waals surface area contributed by atoms with Gasteiger partial charge in [-0.2, -0.15) is 0 Å². The number of pyridine rings is 1. The third kappa shape index (κ3) is 13.6. The second-order valence-corrected chi connectivity index (χ2v) is 11.1. The Labute approximate surface area is 266 Å². The molecule has 0 unspecified atom stereocenters. The molecule has 2 heterocycles. The van der Waals surface area contributed by atoms with Gasteiger partial charge in [-0.05, 0) is 24.6 Å². The van der Waals surface area contributed by atoms with Crippen LogP contribution in [-0.4, -0.2) is 169 Å². The number of amides is 1. The van der Waals surface area contributed by atoms with Crippen LogP contribution >= 0.6 is 0 Å². The number of hydrogen-bond donors (Lipinski definition) is 5. The first-order valence-corrected chi connectivity index (χ1v) is 15.1. The number of H-pyrrole nitrogens is 1. The number of aliphatic carboxylic acids is 3. The average molecular weight is 649 g/mol. The highest BCUT2D eigenvalue weighted by Gasteiger charge is 2.18. The van der Waals surface area contributed by atoms with Crippen molar-refractivity contribution >= 4 is 40.4 Å². The van der Waals surface area contributed by atoms with Gasteiger partial charge in [0.05, 0.1) is 58.1 Å². The van der Waals surface area contributed by atoms with Crippen LogP contribution in [0.4, 0.5) is 5.69 Å². The van der Waals surface area contributed by atoms with Crippen LogP contribution in [-0.2, 0) is 28.7 Å². The molecule has 0 spiro atoms. The summed E-state index contributed by atoms with van der Waals surface area (Å²) in [7, 11) is 0. The van der Waals surface area contributed by atoms with Crippen molar-refractivity contribution in [2.75, 3.05) is 110 Å². The van der Waals surface area contributed by atoms with E-state index in [1.165, 1.54) is 11.0 Å². The average Bonchev–Trinajstić information content (AvgIpc) is 2.94. The molecule has 0 radical (unpaired) electrons. The van der Waals surface area contributed by atoms with Crippen LogP contribution in [0, 0.1) is 6.92 Å². The minimum Gasteiger partial charge on any atom is -0.480 e. The van der Waals surface area contributed by atoms with Gasteiger partial charge in [0.2, 0.25) is 11.5 Å². The lowest BCUT2D eigenvalue weighted by atomic mass is 10.1. The molecular weight excluding hydrogens is 604 g/mol. The number of hydrogen-bond acceptors (Lipinski definition) is 11. The predicted octanol–water partition coefficient (Wildman–Crippen LogP) is -0.716. The first kappa shape index (κ1) is 36.5. The van der Waals surface area contributed by atoms with Crippen molar-refractivity contribution in [1.29, 1.82) is 0 Å². The minimum atomic E-state index is -1.09. The minimum absolute atomic E-state index is 0.137. The molecule has 5 N–H and O–H groups in total. The van der Waals surface area contributed by atoms with E-state index in [1.807, 2.05) is 17.9 Å². The first-order valence-electron chi connectivity index (χ1n) is 15.1. The van der Waals surface area contributed by atoms with E-state index in [0.29, 0.717) is 83.4 Å². The number of aromatic nitrogens is 1. The third-order valence-electron chi connectivity index (χ3n) is 7.45. The quantitative estimate of drug-likeness (QED) is 0.162. The Morgan fingerprint density at radius 2 is 1.26 bits per heavy atom.